The largest absolute Gasteiger partial charge is 0.433 e. The highest BCUT2D eigenvalue weighted by Gasteiger charge is 2.37. The van der Waals surface area contributed by atoms with Crippen LogP contribution in [0.15, 0.2) is 71.5 Å². The first kappa shape index (κ1) is 22.6. The number of allylic oxidation sites excluding steroid dienone is 1. The lowest BCUT2D eigenvalue weighted by Crippen LogP contribution is -2.21. The number of fused-ring (bicyclic) bond motifs is 2. The van der Waals surface area contributed by atoms with Crippen molar-refractivity contribution in [1.29, 1.82) is 0 Å². The molecule has 0 saturated heterocycles. The van der Waals surface area contributed by atoms with Crippen molar-refractivity contribution in [2.75, 3.05) is 0 Å². The predicted molar refractivity (Wildman–Crippen MR) is 130 cm³/mol. The summed E-state index contributed by atoms with van der Waals surface area (Å²) in [5, 5.41) is 4.78. The molecular weight excluding hydrogens is 455 g/mol. The van der Waals surface area contributed by atoms with Crippen molar-refractivity contribution in [2.24, 2.45) is 0 Å². The molecule has 6 nitrogen and oxygen atoms in total. The smallest absolute Gasteiger partial charge is 0.306 e. The van der Waals surface area contributed by atoms with Gasteiger partial charge in [-0.1, -0.05) is 50.3 Å². The summed E-state index contributed by atoms with van der Waals surface area (Å²) in [7, 11) is 0. The number of hydrogen-bond donors (Lipinski definition) is 2. The van der Waals surface area contributed by atoms with Gasteiger partial charge in [0.25, 0.3) is 0 Å². The second kappa shape index (κ2) is 7.69. The Labute approximate surface area is 198 Å². The number of pyridine rings is 1. The molecule has 178 valence electrons. The summed E-state index contributed by atoms with van der Waals surface area (Å²) in [6.45, 7) is 9.44. The molecule has 0 unspecified atom stereocenters. The molecule has 0 saturated carbocycles. The number of imidazole rings is 1. The number of hydrogen-bond acceptors (Lipinski definition) is 3. The van der Waals surface area contributed by atoms with Gasteiger partial charge in [-0.2, -0.15) is 18.3 Å². The van der Waals surface area contributed by atoms with Crippen LogP contribution in [0.25, 0.3) is 39.0 Å². The quantitative estimate of drug-likeness (QED) is 0.306. The fourth-order valence-corrected chi connectivity index (χ4v) is 4.10. The Morgan fingerprint density at radius 2 is 1.66 bits per heavy atom. The monoisotopic (exact) mass is 477 g/mol. The minimum atomic E-state index is -4.66. The summed E-state index contributed by atoms with van der Waals surface area (Å²) < 4.78 is 43.6. The van der Waals surface area contributed by atoms with Gasteiger partial charge in [0.15, 0.2) is 0 Å². The Morgan fingerprint density at radius 1 is 0.971 bits per heavy atom. The average molecular weight is 477 g/mol. The summed E-state index contributed by atoms with van der Waals surface area (Å²) in [5.74, 6) is 0. The van der Waals surface area contributed by atoms with Gasteiger partial charge in [0, 0.05) is 11.0 Å². The molecule has 5 rings (SSSR count). The summed E-state index contributed by atoms with van der Waals surface area (Å²) >= 11 is 0. The van der Waals surface area contributed by atoms with Gasteiger partial charge in [-0.25, -0.2) is 14.5 Å². The van der Waals surface area contributed by atoms with Gasteiger partial charge in [-0.05, 0) is 42.8 Å². The Bertz CT molecular complexity index is 1660. The molecule has 0 radical (unpaired) electrons. The molecule has 0 atom stereocenters. The third-order valence-electron chi connectivity index (χ3n) is 6.45. The van der Waals surface area contributed by atoms with Gasteiger partial charge in [-0.3, -0.25) is 0 Å². The number of nitrogens with one attached hydrogen (secondary N) is 2. The first-order valence-corrected chi connectivity index (χ1v) is 10.9. The van der Waals surface area contributed by atoms with Crippen molar-refractivity contribution in [3.8, 4) is 16.9 Å². The Kier molecular flexibility index (Phi) is 4.98. The molecule has 5 aromatic rings. The highest BCUT2D eigenvalue weighted by Crippen LogP contribution is 2.41. The van der Waals surface area contributed by atoms with E-state index in [1.807, 2.05) is 44.2 Å². The van der Waals surface area contributed by atoms with Gasteiger partial charge in [0.1, 0.15) is 22.4 Å². The van der Waals surface area contributed by atoms with E-state index < -0.39 is 17.3 Å². The number of nitrogens with zero attached hydrogens (tertiary/aromatic N) is 3. The number of H-pyrrole nitrogens is 2. The summed E-state index contributed by atoms with van der Waals surface area (Å²) in [6, 6.07) is 15.3. The van der Waals surface area contributed by atoms with Crippen LogP contribution in [0.2, 0.25) is 0 Å². The van der Waals surface area contributed by atoms with Crippen LogP contribution in [0.4, 0.5) is 13.2 Å². The fourth-order valence-electron chi connectivity index (χ4n) is 4.10. The van der Waals surface area contributed by atoms with E-state index >= 15 is 0 Å². The van der Waals surface area contributed by atoms with Crippen LogP contribution in [-0.2, 0) is 11.6 Å². The predicted octanol–water partition coefficient (Wildman–Crippen LogP) is 6.13. The zero-order valence-corrected chi connectivity index (χ0v) is 19.3. The molecule has 9 heteroatoms. The van der Waals surface area contributed by atoms with Crippen molar-refractivity contribution in [1.82, 2.24) is 24.7 Å². The topological polar surface area (TPSA) is 79.4 Å². The molecule has 0 spiro atoms. The van der Waals surface area contributed by atoms with Gasteiger partial charge >= 0.3 is 11.9 Å². The molecule has 0 bridgehead atoms. The number of benzene rings is 2. The number of aromatic amines is 2. The van der Waals surface area contributed by atoms with Crippen LogP contribution in [0.1, 0.15) is 32.0 Å². The van der Waals surface area contributed by atoms with Crippen LogP contribution in [0.3, 0.4) is 0 Å². The molecule has 2 N–H and O–H groups in total. The standard InChI is InChI=1S/C26H22F3N5O/c1-14(2)25(3,4)17-13-20(26(27,28)29)32-22-21(17)33-34(16-8-6-5-7-9-16)23(22)15-10-11-18-19(12-15)31-24(35)30-18/h5-13H,1H2,2-4H3,(H2,30,31,35). The highest BCUT2D eigenvalue weighted by atomic mass is 19.4. The zero-order chi connectivity index (χ0) is 25.1. The van der Waals surface area contributed by atoms with E-state index in [9.17, 15) is 18.0 Å². The molecule has 0 aliphatic carbocycles. The van der Waals surface area contributed by atoms with E-state index in [1.165, 1.54) is 0 Å². The van der Waals surface area contributed by atoms with Gasteiger partial charge in [0.2, 0.25) is 0 Å². The number of alkyl halides is 3. The lowest BCUT2D eigenvalue weighted by Gasteiger charge is -2.26. The number of halogens is 3. The van der Waals surface area contributed by atoms with E-state index in [0.717, 1.165) is 6.07 Å². The number of rotatable bonds is 4. The minimum absolute atomic E-state index is 0.116. The van der Waals surface area contributed by atoms with Crippen LogP contribution in [0.5, 0.6) is 0 Å². The molecule has 35 heavy (non-hydrogen) atoms. The molecule has 3 aromatic heterocycles. The maximum absolute atomic E-state index is 14.0. The van der Waals surface area contributed by atoms with Gasteiger partial charge in [-0.15, -0.1) is 0 Å². The Morgan fingerprint density at radius 3 is 2.31 bits per heavy atom. The SMILES string of the molecule is C=C(C)C(C)(C)c1cc(C(F)(F)F)nc2c(-c3ccc4[nH]c(=O)[nH]c4c3)n(-c3ccccc3)nc12. The minimum Gasteiger partial charge on any atom is -0.306 e. The molecule has 0 aliphatic rings. The van der Waals surface area contributed by atoms with Crippen LogP contribution in [-0.4, -0.2) is 24.7 Å². The number of aromatic nitrogens is 5. The summed E-state index contributed by atoms with van der Waals surface area (Å²) in [4.78, 5) is 21.2. The van der Waals surface area contributed by atoms with Crippen LogP contribution >= 0.6 is 0 Å². The fraction of sp³-hybridized carbons (Fsp3) is 0.192. The van der Waals surface area contributed by atoms with Gasteiger partial charge in [0.05, 0.1) is 16.7 Å². The van der Waals surface area contributed by atoms with Crippen LogP contribution in [0, 0.1) is 0 Å². The van der Waals surface area contributed by atoms with Gasteiger partial charge < -0.3 is 9.97 Å². The molecule has 2 aromatic carbocycles. The maximum Gasteiger partial charge on any atom is 0.433 e. The highest BCUT2D eigenvalue weighted by molar-refractivity contribution is 5.95. The van der Waals surface area contributed by atoms with E-state index in [0.29, 0.717) is 44.6 Å². The maximum atomic E-state index is 14.0. The first-order chi connectivity index (χ1) is 16.5. The second-order valence-corrected chi connectivity index (χ2v) is 9.09. The van der Waals surface area contributed by atoms with Crippen molar-refractivity contribution in [2.45, 2.75) is 32.4 Å². The molecule has 3 heterocycles. The Hall–Kier alpha value is -4.14. The normalized spacial score (nSPS) is 12.5. The number of para-hydroxylation sites is 1. The molecule has 0 fully saturated rings. The lowest BCUT2D eigenvalue weighted by atomic mass is 9.78. The van der Waals surface area contributed by atoms with Crippen molar-refractivity contribution in [3.05, 3.63) is 88.5 Å². The molecular formula is C26H22F3N5O. The van der Waals surface area contributed by atoms with Crippen molar-refractivity contribution in [3.63, 3.8) is 0 Å². The van der Waals surface area contributed by atoms with E-state index in [2.05, 4.69) is 21.5 Å². The lowest BCUT2D eigenvalue weighted by molar-refractivity contribution is -0.141. The van der Waals surface area contributed by atoms with E-state index in [1.54, 1.807) is 29.8 Å². The van der Waals surface area contributed by atoms with E-state index in [-0.39, 0.29) is 11.2 Å². The summed E-state index contributed by atoms with van der Waals surface area (Å²) in [6.07, 6.45) is -4.66. The second-order valence-electron chi connectivity index (χ2n) is 9.09. The summed E-state index contributed by atoms with van der Waals surface area (Å²) in [5.41, 5.74) is 2.09. The molecule has 0 aliphatic heterocycles. The van der Waals surface area contributed by atoms with Crippen molar-refractivity contribution < 1.29 is 13.2 Å². The van der Waals surface area contributed by atoms with E-state index in [4.69, 9.17) is 5.10 Å². The first-order valence-electron chi connectivity index (χ1n) is 10.9. The zero-order valence-electron chi connectivity index (χ0n) is 19.3. The molecule has 0 amide bonds. The average Bonchev–Trinajstić information content (AvgIpc) is 3.37. The third kappa shape index (κ3) is 3.73. The van der Waals surface area contributed by atoms with Crippen molar-refractivity contribution >= 4 is 22.1 Å². The Balaban J connectivity index is 1.94. The van der Waals surface area contributed by atoms with Crippen LogP contribution < -0.4 is 5.69 Å². The third-order valence-corrected chi connectivity index (χ3v) is 6.45.